The van der Waals surface area contributed by atoms with Crippen molar-refractivity contribution in [2.24, 2.45) is 0 Å². The van der Waals surface area contributed by atoms with Gasteiger partial charge in [0.1, 0.15) is 0 Å². The SMILES string of the molecule is O=C(/C=C/[C@H](CCc1ccccc1)NC(=O)[C@@H]1CCCCN1)Nc1nnc(C(F)(F)F)s1.O=C(O)C(F)(F)F. The second-order valence-corrected chi connectivity index (χ2v) is 9.18. The van der Waals surface area contributed by atoms with Crippen LogP contribution in [-0.2, 0) is 27.0 Å². The molecule has 1 aliphatic rings. The van der Waals surface area contributed by atoms with Crippen LogP contribution in [0.1, 0.15) is 36.3 Å². The van der Waals surface area contributed by atoms with Gasteiger partial charge in [0.2, 0.25) is 22.0 Å². The van der Waals surface area contributed by atoms with Gasteiger partial charge in [-0.2, -0.15) is 26.3 Å². The molecule has 1 fully saturated rings. The molecule has 0 spiro atoms. The smallest absolute Gasteiger partial charge is 0.475 e. The number of aryl methyl sites for hydroxylation is 1. The number of carboxylic acid groups (broad SMARTS) is 1. The number of carbonyl (C=O) groups is 3. The predicted molar refractivity (Wildman–Crippen MR) is 129 cm³/mol. The number of amides is 2. The number of nitrogens with one attached hydrogen (secondary N) is 3. The number of halogens is 6. The molecule has 0 radical (unpaired) electrons. The summed E-state index contributed by atoms with van der Waals surface area (Å²) in [5, 5.41) is 20.5. The molecule has 2 atom stereocenters. The quantitative estimate of drug-likeness (QED) is 0.274. The van der Waals surface area contributed by atoms with Crippen LogP contribution in [0, 0.1) is 0 Å². The molecule has 3 rings (SSSR count). The number of aromatic nitrogens is 2. The molecule has 1 aromatic heterocycles. The van der Waals surface area contributed by atoms with Crippen LogP contribution in [0.4, 0.5) is 31.5 Å². The molecule has 1 aliphatic heterocycles. The van der Waals surface area contributed by atoms with Crippen molar-refractivity contribution in [1.29, 1.82) is 0 Å². The predicted octanol–water partition coefficient (Wildman–Crippen LogP) is 3.94. The van der Waals surface area contributed by atoms with Crippen LogP contribution < -0.4 is 16.0 Å². The maximum Gasteiger partial charge on any atom is 0.490 e. The highest BCUT2D eigenvalue weighted by Crippen LogP contribution is 2.32. The Balaban J connectivity index is 0.000000673. The van der Waals surface area contributed by atoms with E-state index in [2.05, 4.69) is 26.1 Å². The minimum Gasteiger partial charge on any atom is -0.475 e. The summed E-state index contributed by atoms with van der Waals surface area (Å²) >= 11 is 0.248. The Labute approximate surface area is 222 Å². The average Bonchev–Trinajstić information content (AvgIpc) is 3.35. The topological polar surface area (TPSA) is 133 Å². The molecule has 16 heteroatoms. The van der Waals surface area contributed by atoms with Gasteiger partial charge in [-0.15, -0.1) is 10.2 Å². The van der Waals surface area contributed by atoms with E-state index in [0.717, 1.165) is 31.4 Å². The maximum absolute atomic E-state index is 12.6. The Kier molecular flexibility index (Phi) is 11.8. The first kappa shape index (κ1) is 31.7. The summed E-state index contributed by atoms with van der Waals surface area (Å²) in [5.41, 5.74) is 1.09. The minimum absolute atomic E-state index is 0.133. The highest BCUT2D eigenvalue weighted by Gasteiger charge is 2.38. The van der Waals surface area contributed by atoms with Gasteiger partial charge in [0, 0.05) is 12.1 Å². The van der Waals surface area contributed by atoms with Crippen LogP contribution in [0.25, 0.3) is 0 Å². The first-order valence-corrected chi connectivity index (χ1v) is 12.3. The molecule has 39 heavy (non-hydrogen) atoms. The lowest BCUT2D eigenvalue weighted by molar-refractivity contribution is -0.192. The van der Waals surface area contributed by atoms with E-state index in [4.69, 9.17) is 9.90 Å². The number of piperidine rings is 1. The Bertz CT molecular complexity index is 1120. The van der Waals surface area contributed by atoms with E-state index >= 15 is 0 Å². The van der Waals surface area contributed by atoms with Crippen LogP contribution in [0.15, 0.2) is 42.5 Å². The molecule has 1 saturated heterocycles. The van der Waals surface area contributed by atoms with Crippen molar-refractivity contribution < 1.29 is 45.8 Å². The fraction of sp³-hybridized carbons (Fsp3) is 0.435. The van der Waals surface area contributed by atoms with Gasteiger partial charge in [0.25, 0.3) is 0 Å². The second-order valence-electron chi connectivity index (χ2n) is 8.20. The van der Waals surface area contributed by atoms with Crippen molar-refractivity contribution in [3.63, 3.8) is 0 Å². The van der Waals surface area contributed by atoms with E-state index in [1.54, 1.807) is 6.08 Å². The molecule has 0 aliphatic carbocycles. The van der Waals surface area contributed by atoms with Crippen LogP contribution in [0.5, 0.6) is 0 Å². The molecule has 214 valence electrons. The number of anilines is 1. The lowest BCUT2D eigenvalue weighted by Crippen LogP contribution is -2.49. The summed E-state index contributed by atoms with van der Waals surface area (Å²) < 4.78 is 69.6. The molecule has 0 saturated carbocycles. The van der Waals surface area contributed by atoms with E-state index < -0.39 is 35.3 Å². The summed E-state index contributed by atoms with van der Waals surface area (Å²) in [6.07, 6.45) is -2.96. The van der Waals surface area contributed by atoms with Crippen molar-refractivity contribution in [3.8, 4) is 0 Å². The van der Waals surface area contributed by atoms with Gasteiger partial charge in [-0.05, 0) is 37.8 Å². The van der Waals surface area contributed by atoms with Crippen molar-refractivity contribution in [3.05, 3.63) is 53.1 Å². The van der Waals surface area contributed by atoms with Gasteiger partial charge in [-0.1, -0.05) is 54.2 Å². The third-order valence-corrected chi connectivity index (χ3v) is 6.04. The number of carbonyl (C=O) groups excluding carboxylic acids is 2. The number of aliphatic carboxylic acids is 1. The van der Waals surface area contributed by atoms with Crippen molar-refractivity contribution >= 4 is 34.3 Å². The molecule has 2 heterocycles. The van der Waals surface area contributed by atoms with Crippen LogP contribution in [0.3, 0.4) is 0 Å². The molecule has 4 N–H and O–H groups in total. The lowest BCUT2D eigenvalue weighted by Gasteiger charge is -2.25. The van der Waals surface area contributed by atoms with E-state index in [0.29, 0.717) is 12.8 Å². The normalized spacial score (nSPS) is 16.6. The summed E-state index contributed by atoms with van der Waals surface area (Å²) in [5.74, 6) is -3.54. The number of carboxylic acids is 1. The summed E-state index contributed by atoms with van der Waals surface area (Å²) in [4.78, 5) is 33.7. The molecule has 9 nitrogen and oxygen atoms in total. The molecule has 2 aromatic rings. The molecule has 1 aromatic carbocycles. The van der Waals surface area contributed by atoms with E-state index in [-0.39, 0.29) is 28.4 Å². The Hall–Kier alpha value is -3.53. The highest BCUT2D eigenvalue weighted by molar-refractivity contribution is 7.15. The van der Waals surface area contributed by atoms with E-state index in [9.17, 15) is 35.9 Å². The molecule has 0 unspecified atom stereocenters. The molecular weight excluding hydrogens is 556 g/mol. The number of nitrogens with zero attached hydrogens (tertiary/aromatic N) is 2. The number of hydrogen-bond acceptors (Lipinski definition) is 7. The molecular formula is C23H25F6N5O4S. The zero-order chi connectivity index (χ0) is 29.1. The van der Waals surface area contributed by atoms with Gasteiger partial charge >= 0.3 is 18.3 Å². The highest BCUT2D eigenvalue weighted by atomic mass is 32.1. The standard InChI is InChI=1S/C21H24F3N5O2S.C2HF3O2/c22-21(23,24)19-28-29-20(32-19)27-17(30)12-11-15(10-9-14-6-2-1-3-7-14)26-18(31)16-8-4-5-13-25-16;3-2(4,5)1(6)7/h1-3,6-7,11-12,15-16,25H,4-5,8-10,13H2,(H,26,31)(H,27,29,30);(H,6,7)/b12-11+;/t15-,16-;/m0./s1. The number of hydrogen-bond donors (Lipinski definition) is 4. The monoisotopic (exact) mass is 581 g/mol. The fourth-order valence-corrected chi connectivity index (χ4v) is 3.89. The summed E-state index contributed by atoms with van der Waals surface area (Å²) in [6, 6.07) is 9.03. The van der Waals surface area contributed by atoms with Gasteiger partial charge < -0.3 is 15.7 Å². The number of benzene rings is 1. The zero-order valence-corrected chi connectivity index (χ0v) is 21.0. The zero-order valence-electron chi connectivity index (χ0n) is 20.2. The average molecular weight is 582 g/mol. The maximum atomic E-state index is 12.6. The van der Waals surface area contributed by atoms with Gasteiger partial charge in [-0.25, -0.2) is 4.79 Å². The minimum atomic E-state index is -5.08. The number of rotatable bonds is 8. The largest absolute Gasteiger partial charge is 0.490 e. The van der Waals surface area contributed by atoms with Crippen LogP contribution >= 0.6 is 11.3 Å². The van der Waals surface area contributed by atoms with Crippen LogP contribution in [0.2, 0.25) is 0 Å². The second kappa shape index (κ2) is 14.6. The third-order valence-electron chi connectivity index (χ3n) is 5.16. The number of alkyl halides is 6. The van der Waals surface area contributed by atoms with Gasteiger partial charge in [0.05, 0.1) is 6.04 Å². The van der Waals surface area contributed by atoms with E-state index in [1.165, 1.54) is 6.08 Å². The Morgan fingerprint density at radius 3 is 2.31 bits per heavy atom. The first-order valence-electron chi connectivity index (χ1n) is 11.5. The fourth-order valence-electron chi connectivity index (χ4n) is 3.28. The first-order chi connectivity index (χ1) is 18.3. The van der Waals surface area contributed by atoms with E-state index in [1.807, 2.05) is 30.3 Å². The lowest BCUT2D eigenvalue weighted by atomic mass is 10.0. The summed E-state index contributed by atoms with van der Waals surface area (Å²) in [6.45, 7) is 0.785. The van der Waals surface area contributed by atoms with Crippen molar-refractivity contribution in [2.45, 2.75) is 56.5 Å². The molecule has 0 bridgehead atoms. The summed E-state index contributed by atoms with van der Waals surface area (Å²) in [7, 11) is 0. The van der Waals surface area contributed by atoms with Gasteiger partial charge in [-0.3, -0.25) is 14.9 Å². The van der Waals surface area contributed by atoms with Gasteiger partial charge in [0.15, 0.2) is 0 Å². The van der Waals surface area contributed by atoms with Crippen molar-refractivity contribution in [1.82, 2.24) is 20.8 Å². The van der Waals surface area contributed by atoms with Crippen molar-refractivity contribution in [2.75, 3.05) is 11.9 Å². The Morgan fingerprint density at radius 2 is 1.77 bits per heavy atom. The Morgan fingerprint density at radius 1 is 1.10 bits per heavy atom. The molecule has 2 amide bonds. The van der Waals surface area contributed by atoms with Crippen LogP contribution in [-0.4, -0.2) is 57.9 Å². The third kappa shape index (κ3) is 11.8.